The van der Waals surface area contributed by atoms with Crippen LogP contribution in [0.1, 0.15) is 24.7 Å². The molecule has 1 aliphatic heterocycles. The highest BCUT2D eigenvalue weighted by molar-refractivity contribution is 5.77. The summed E-state index contributed by atoms with van der Waals surface area (Å²) in [5.74, 6) is 1.05. The van der Waals surface area contributed by atoms with Crippen LogP contribution in [0.3, 0.4) is 0 Å². The van der Waals surface area contributed by atoms with Gasteiger partial charge in [-0.1, -0.05) is 6.07 Å². The van der Waals surface area contributed by atoms with Gasteiger partial charge < -0.3 is 9.30 Å². The molecule has 0 bridgehead atoms. The van der Waals surface area contributed by atoms with Crippen molar-refractivity contribution in [3.8, 4) is 0 Å². The van der Waals surface area contributed by atoms with Gasteiger partial charge in [-0.25, -0.2) is 4.98 Å². The maximum atomic E-state index is 5.66. The van der Waals surface area contributed by atoms with Gasteiger partial charge in [0.25, 0.3) is 0 Å². The second-order valence-corrected chi connectivity index (χ2v) is 4.75. The first kappa shape index (κ1) is 9.85. The van der Waals surface area contributed by atoms with Crippen molar-refractivity contribution in [1.82, 2.24) is 9.55 Å². The molecule has 1 unspecified atom stereocenters. The minimum atomic E-state index is -0.0837. The van der Waals surface area contributed by atoms with Crippen molar-refractivity contribution < 1.29 is 4.74 Å². The summed E-state index contributed by atoms with van der Waals surface area (Å²) in [6.07, 6.45) is 1.10. The number of ether oxygens (including phenoxy) is 1. The third-order valence-electron chi connectivity index (χ3n) is 3.71. The van der Waals surface area contributed by atoms with Gasteiger partial charge in [-0.15, -0.1) is 0 Å². The van der Waals surface area contributed by atoms with Crippen LogP contribution in [-0.4, -0.2) is 16.2 Å². The van der Waals surface area contributed by atoms with E-state index in [0.717, 1.165) is 24.4 Å². The summed E-state index contributed by atoms with van der Waals surface area (Å²) >= 11 is 0. The summed E-state index contributed by atoms with van der Waals surface area (Å²) in [6.45, 7) is 5.05. The zero-order valence-electron chi connectivity index (χ0n) is 9.95. The van der Waals surface area contributed by atoms with Gasteiger partial charge in [-0.05, 0) is 31.5 Å². The molecule has 2 aromatic rings. The molecule has 84 valence electrons. The van der Waals surface area contributed by atoms with E-state index in [-0.39, 0.29) is 5.60 Å². The van der Waals surface area contributed by atoms with Crippen LogP contribution in [0.2, 0.25) is 0 Å². The van der Waals surface area contributed by atoms with Crippen molar-refractivity contribution in [1.29, 1.82) is 0 Å². The molecule has 2 heterocycles. The Morgan fingerprint density at radius 1 is 1.44 bits per heavy atom. The third kappa shape index (κ3) is 1.21. The molecule has 0 radical (unpaired) electrons. The molecule has 0 amide bonds. The smallest absolute Gasteiger partial charge is 0.106 e. The van der Waals surface area contributed by atoms with E-state index in [2.05, 4.69) is 34.7 Å². The normalized spacial score (nSPS) is 24.7. The maximum Gasteiger partial charge on any atom is 0.106 e. The maximum absolute atomic E-state index is 5.66. The SMILES string of the molecule is Cc1nc2cc(C3(C)CCO3)ccc2n1C. The van der Waals surface area contributed by atoms with Crippen LogP contribution in [0.25, 0.3) is 11.0 Å². The Hall–Kier alpha value is -1.35. The lowest BCUT2D eigenvalue weighted by atomic mass is 9.88. The van der Waals surface area contributed by atoms with Gasteiger partial charge in [0.2, 0.25) is 0 Å². The molecule has 0 N–H and O–H groups in total. The van der Waals surface area contributed by atoms with Crippen molar-refractivity contribution in [2.24, 2.45) is 7.05 Å². The molecule has 1 aromatic carbocycles. The van der Waals surface area contributed by atoms with Crippen molar-refractivity contribution in [3.63, 3.8) is 0 Å². The minimum absolute atomic E-state index is 0.0837. The summed E-state index contributed by atoms with van der Waals surface area (Å²) in [4.78, 5) is 4.55. The van der Waals surface area contributed by atoms with E-state index in [1.54, 1.807) is 0 Å². The van der Waals surface area contributed by atoms with Gasteiger partial charge in [0.15, 0.2) is 0 Å². The highest BCUT2D eigenvalue weighted by Gasteiger charge is 2.35. The first-order valence-electron chi connectivity index (χ1n) is 5.68. The van der Waals surface area contributed by atoms with E-state index in [0.29, 0.717) is 0 Å². The van der Waals surface area contributed by atoms with E-state index in [1.165, 1.54) is 11.1 Å². The van der Waals surface area contributed by atoms with Crippen LogP contribution in [0, 0.1) is 6.92 Å². The number of nitrogens with zero attached hydrogens (tertiary/aromatic N) is 2. The van der Waals surface area contributed by atoms with E-state index < -0.39 is 0 Å². The van der Waals surface area contributed by atoms with E-state index in [9.17, 15) is 0 Å². The molecule has 3 rings (SSSR count). The second-order valence-electron chi connectivity index (χ2n) is 4.75. The number of hydrogen-bond donors (Lipinski definition) is 0. The molecule has 1 aromatic heterocycles. The van der Waals surface area contributed by atoms with Gasteiger partial charge in [0.1, 0.15) is 5.82 Å². The quantitative estimate of drug-likeness (QED) is 0.732. The first-order chi connectivity index (χ1) is 7.60. The summed E-state index contributed by atoms with van der Waals surface area (Å²) in [6, 6.07) is 6.45. The largest absolute Gasteiger partial charge is 0.370 e. The Morgan fingerprint density at radius 2 is 2.19 bits per heavy atom. The van der Waals surface area contributed by atoms with Crippen molar-refractivity contribution >= 4 is 11.0 Å². The molecule has 1 atom stereocenters. The predicted molar refractivity (Wildman–Crippen MR) is 63.4 cm³/mol. The van der Waals surface area contributed by atoms with E-state index in [4.69, 9.17) is 4.74 Å². The van der Waals surface area contributed by atoms with Gasteiger partial charge in [0, 0.05) is 13.5 Å². The third-order valence-corrected chi connectivity index (χ3v) is 3.71. The molecular formula is C13H16N2O. The molecular weight excluding hydrogens is 200 g/mol. The number of rotatable bonds is 1. The number of benzene rings is 1. The van der Waals surface area contributed by atoms with Gasteiger partial charge >= 0.3 is 0 Å². The number of aryl methyl sites for hydroxylation is 2. The van der Waals surface area contributed by atoms with Crippen LogP contribution >= 0.6 is 0 Å². The molecule has 3 nitrogen and oxygen atoms in total. The molecule has 0 saturated carbocycles. The highest BCUT2D eigenvalue weighted by Crippen LogP contribution is 2.37. The second kappa shape index (κ2) is 3.08. The lowest BCUT2D eigenvalue weighted by Gasteiger charge is -2.39. The number of hydrogen-bond acceptors (Lipinski definition) is 2. The van der Waals surface area contributed by atoms with Crippen LogP contribution in [0.5, 0.6) is 0 Å². The van der Waals surface area contributed by atoms with Crippen LogP contribution < -0.4 is 0 Å². The van der Waals surface area contributed by atoms with Crippen LogP contribution in [0.15, 0.2) is 18.2 Å². The molecule has 16 heavy (non-hydrogen) atoms. The molecule has 0 aliphatic carbocycles. The Morgan fingerprint density at radius 3 is 2.81 bits per heavy atom. The Kier molecular flexibility index (Phi) is 1.89. The zero-order valence-corrected chi connectivity index (χ0v) is 9.95. The molecule has 1 saturated heterocycles. The average molecular weight is 216 g/mol. The van der Waals surface area contributed by atoms with Crippen molar-refractivity contribution in [2.45, 2.75) is 25.9 Å². The number of imidazole rings is 1. The molecule has 1 aliphatic rings. The highest BCUT2D eigenvalue weighted by atomic mass is 16.5. The molecule has 3 heteroatoms. The first-order valence-corrected chi connectivity index (χ1v) is 5.68. The number of fused-ring (bicyclic) bond motifs is 1. The summed E-state index contributed by atoms with van der Waals surface area (Å²) in [5.41, 5.74) is 3.40. The topological polar surface area (TPSA) is 27.1 Å². The van der Waals surface area contributed by atoms with Gasteiger partial charge in [0.05, 0.1) is 23.2 Å². The standard InChI is InChI=1S/C13H16N2O/c1-9-14-11-8-10(13(2)6-7-16-13)4-5-12(11)15(9)3/h4-5,8H,6-7H2,1-3H3. The monoisotopic (exact) mass is 216 g/mol. The Bertz CT molecular complexity index is 552. The summed E-state index contributed by atoms with van der Waals surface area (Å²) < 4.78 is 7.77. The Balaban J connectivity index is 2.16. The summed E-state index contributed by atoms with van der Waals surface area (Å²) in [5, 5.41) is 0. The number of aromatic nitrogens is 2. The predicted octanol–water partition coefficient (Wildman–Crippen LogP) is 2.52. The van der Waals surface area contributed by atoms with Crippen LogP contribution in [-0.2, 0) is 17.4 Å². The lowest BCUT2D eigenvalue weighted by molar-refractivity contribution is -0.140. The van der Waals surface area contributed by atoms with Gasteiger partial charge in [-0.2, -0.15) is 0 Å². The fourth-order valence-electron chi connectivity index (χ4n) is 2.29. The molecule has 0 spiro atoms. The lowest BCUT2D eigenvalue weighted by Crippen LogP contribution is -2.37. The van der Waals surface area contributed by atoms with E-state index in [1.807, 2.05) is 14.0 Å². The van der Waals surface area contributed by atoms with Gasteiger partial charge in [-0.3, -0.25) is 0 Å². The minimum Gasteiger partial charge on any atom is -0.370 e. The van der Waals surface area contributed by atoms with Crippen molar-refractivity contribution in [2.75, 3.05) is 6.61 Å². The fourth-order valence-corrected chi connectivity index (χ4v) is 2.29. The fraction of sp³-hybridized carbons (Fsp3) is 0.462. The Labute approximate surface area is 95.0 Å². The van der Waals surface area contributed by atoms with E-state index >= 15 is 0 Å². The summed E-state index contributed by atoms with van der Waals surface area (Å²) in [7, 11) is 2.05. The van der Waals surface area contributed by atoms with Crippen molar-refractivity contribution in [3.05, 3.63) is 29.6 Å². The van der Waals surface area contributed by atoms with Crippen LogP contribution in [0.4, 0.5) is 0 Å². The average Bonchev–Trinajstić information content (AvgIpc) is 2.51. The molecule has 1 fully saturated rings. The zero-order chi connectivity index (χ0) is 11.3.